The number of fused-ring (bicyclic) bond motifs is 1. The first-order valence-electron chi connectivity index (χ1n) is 7.74. The van der Waals surface area contributed by atoms with Crippen LogP contribution in [0.15, 0.2) is 73.2 Å². The van der Waals surface area contributed by atoms with E-state index in [4.69, 9.17) is 0 Å². The first-order valence-corrected chi connectivity index (χ1v) is 7.74. The third-order valence-corrected chi connectivity index (χ3v) is 4.01. The molecule has 2 N–H and O–H groups in total. The molecule has 0 aliphatic rings. The molecule has 2 heterocycles. The Morgan fingerprint density at radius 1 is 1.00 bits per heavy atom. The molecule has 0 aliphatic carbocycles. The van der Waals surface area contributed by atoms with Gasteiger partial charge in [0.15, 0.2) is 0 Å². The minimum Gasteiger partial charge on any atom is -0.361 e. The monoisotopic (exact) mass is 330 g/mol. The lowest BCUT2D eigenvalue weighted by molar-refractivity contribution is -0.384. The number of aromatic amines is 1. The zero-order valence-electron chi connectivity index (χ0n) is 13.1. The molecule has 0 saturated heterocycles. The van der Waals surface area contributed by atoms with E-state index in [9.17, 15) is 10.1 Å². The summed E-state index contributed by atoms with van der Waals surface area (Å²) >= 11 is 0. The molecule has 122 valence electrons. The van der Waals surface area contributed by atoms with E-state index in [1.807, 2.05) is 36.7 Å². The Hall–Kier alpha value is -3.67. The predicted octanol–water partition coefficient (Wildman–Crippen LogP) is 4.88. The van der Waals surface area contributed by atoms with Gasteiger partial charge in [-0.1, -0.05) is 12.1 Å². The Bertz CT molecular complexity index is 1050. The van der Waals surface area contributed by atoms with Crippen molar-refractivity contribution in [2.24, 2.45) is 0 Å². The van der Waals surface area contributed by atoms with Gasteiger partial charge in [-0.2, -0.15) is 0 Å². The SMILES string of the molecule is O=[N+]([O-])c1ccc(Nc2cncc(-c3cccc4[nH]ccc34)c2)cc1. The maximum atomic E-state index is 10.7. The number of rotatable bonds is 4. The molecule has 0 fully saturated rings. The van der Waals surface area contributed by atoms with Gasteiger partial charge in [0, 0.05) is 46.7 Å². The van der Waals surface area contributed by atoms with E-state index in [1.165, 1.54) is 12.1 Å². The number of aromatic nitrogens is 2. The average Bonchev–Trinajstić information content (AvgIpc) is 3.11. The van der Waals surface area contributed by atoms with Crippen LogP contribution in [0, 0.1) is 10.1 Å². The van der Waals surface area contributed by atoms with Crippen LogP contribution in [0.25, 0.3) is 22.0 Å². The molecule has 4 rings (SSSR count). The van der Waals surface area contributed by atoms with Gasteiger partial charge >= 0.3 is 0 Å². The van der Waals surface area contributed by atoms with Crippen LogP contribution in [-0.2, 0) is 0 Å². The first-order chi connectivity index (χ1) is 12.2. The number of nitrogens with zero attached hydrogens (tertiary/aromatic N) is 2. The topological polar surface area (TPSA) is 83.8 Å². The van der Waals surface area contributed by atoms with Crippen molar-refractivity contribution in [3.63, 3.8) is 0 Å². The number of nitro benzene ring substituents is 1. The molecule has 25 heavy (non-hydrogen) atoms. The summed E-state index contributed by atoms with van der Waals surface area (Å²) in [5.74, 6) is 0. The highest BCUT2D eigenvalue weighted by molar-refractivity contribution is 5.95. The minimum absolute atomic E-state index is 0.0663. The molecule has 4 aromatic rings. The molecular weight excluding hydrogens is 316 g/mol. The molecule has 0 amide bonds. The fraction of sp³-hybridized carbons (Fsp3) is 0. The molecule has 2 aromatic carbocycles. The number of H-pyrrole nitrogens is 1. The molecule has 2 aromatic heterocycles. The summed E-state index contributed by atoms with van der Waals surface area (Å²) in [5.41, 5.74) is 4.82. The Morgan fingerprint density at radius 2 is 1.84 bits per heavy atom. The van der Waals surface area contributed by atoms with E-state index in [2.05, 4.69) is 21.4 Å². The molecule has 0 spiro atoms. The van der Waals surface area contributed by atoms with Crippen molar-refractivity contribution in [3.05, 3.63) is 83.3 Å². The maximum Gasteiger partial charge on any atom is 0.269 e. The number of hydrogen-bond acceptors (Lipinski definition) is 4. The van der Waals surface area contributed by atoms with Crippen LogP contribution in [0.1, 0.15) is 0 Å². The second kappa shape index (κ2) is 6.09. The highest BCUT2D eigenvalue weighted by Crippen LogP contribution is 2.30. The van der Waals surface area contributed by atoms with Gasteiger partial charge in [0.1, 0.15) is 0 Å². The molecule has 0 radical (unpaired) electrons. The van der Waals surface area contributed by atoms with Crippen LogP contribution >= 0.6 is 0 Å². The van der Waals surface area contributed by atoms with E-state index in [1.54, 1.807) is 18.3 Å². The highest BCUT2D eigenvalue weighted by atomic mass is 16.6. The lowest BCUT2D eigenvalue weighted by atomic mass is 10.0. The Kier molecular flexibility index (Phi) is 3.63. The Labute approximate surface area is 143 Å². The van der Waals surface area contributed by atoms with E-state index in [-0.39, 0.29) is 5.69 Å². The zero-order chi connectivity index (χ0) is 17.2. The molecule has 0 atom stereocenters. The smallest absolute Gasteiger partial charge is 0.269 e. The summed E-state index contributed by atoms with van der Waals surface area (Å²) in [4.78, 5) is 17.8. The largest absolute Gasteiger partial charge is 0.361 e. The van der Waals surface area contributed by atoms with Crippen molar-refractivity contribution in [3.8, 4) is 11.1 Å². The zero-order valence-corrected chi connectivity index (χ0v) is 13.1. The fourth-order valence-electron chi connectivity index (χ4n) is 2.83. The third-order valence-electron chi connectivity index (χ3n) is 4.01. The lowest BCUT2D eigenvalue weighted by Crippen LogP contribution is -1.93. The van der Waals surface area contributed by atoms with Crippen molar-refractivity contribution in [1.82, 2.24) is 9.97 Å². The van der Waals surface area contributed by atoms with Gasteiger partial charge in [-0.15, -0.1) is 0 Å². The van der Waals surface area contributed by atoms with Gasteiger partial charge in [-0.25, -0.2) is 0 Å². The summed E-state index contributed by atoms with van der Waals surface area (Å²) in [7, 11) is 0. The number of pyridine rings is 1. The van der Waals surface area contributed by atoms with E-state index in [0.717, 1.165) is 33.4 Å². The number of benzene rings is 2. The predicted molar refractivity (Wildman–Crippen MR) is 97.9 cm³/mol. The highest BCUT2D eigenvalue weighted by Gasteiger charge is 2.07. The molecule has 0 saturated carbocycles. The molecular formula is C19H14N4O2. The van der Waals surface area contributed by atoms with Crippen LogP contribution < -0.4 is 5.32 Å². The Balaban J connectivity index is 1.65. The summed E-state index contributed by atoms with van der Waals surface area (Å²) in [6.45, 7) is 0. The lowest BCUT2D eigenvalue weighted by Gasteiger charge is -2.09. The number of anilines is 2. The van der Waals surface area contributed by atoms with Crippen LogP contribution in [0.5, 0.6) is 0 Å². The number of nitrogens with one attached hydrogen (secondary N) is 2. The maximum absolute atomic E-state index is 10.7. The third kappa shape index (κ3) is 2.92. The fourth-order valence-corrected chi connectivity index (χ4v) is 2.83. The van der Waals surface area contributed by atoms with Crippen LogP contribution in [0.4, 0.5) is 17.1 Å². The van der Waals surface area contributed by atoms with E-state index >= 15 is 0 Å². The van der Waals surface area contributed by atoms with Gasteiger partial charge < -0.3 is 10.3 Å². The molecule has 6 heteroatoms. The quantitative estimate of drug-likeness (QED) is 0.412. The first kappa shape index (κ1) is 14.9. The van der Waals surface area contributed by atoms with Gasteiger partial charge in [0.25, 0.3) is 5.69 Å². The van der Waals surface area contributed by atoms with Crippen LogP contribution in [-0.4, -0.2) is 14.9 Å². The standard InChI is InChI=1S/C19H14N4O2/c24-23(25)16-6-4-14(5-7-16)22-15-10-13(11-20-12-15)17-2-1-3-19-18(17)8-9-21-19/h1-12,21-22H. The summed E-state index contributed by atoms with van der Waals surface area (Å²) in [6.07, 6.45) is 5.46. The van der Waals surface area contributed by atoms with E-state index < -0.39 is 4.92 Å². The number of non-ortho nitro benzene ring substituents is 1. The van der Waals surface area contributed by atoms with Crippen LogP contribution in [0.2, 0.25) is 0 Å². The van der Waals surface area contributed by atoms with Gasteiger partial charge in [0.05, 0.1) is 16.8 Å². The average molecular weight is 330 g/mol. The molecule has 0 bridgehead atoms. The number of nitro groups is 1. The normalized spacial score (nSPS) is 10.7. The summed E-state index contributed by atoms with van der Waals surface area (Å²) in [5, 5.41) is 15.1. The minimum atomic E-state index is -0.413. The van der Waals surface area contributed by atoms with Gasteiger partial charge in [-0.3, -0.25) is 15.1 Å². The Morgan fingerprint density at radius 3 is 2.64 bits per heavy atom. The van der Waals surface area contributed by atoms with Crippen molar-refractivity contribution >= 4 is 28.0 Å². The summed E-state index contributed by atoms with van der Waals surface area (Å²) in [6, 6.07) is 16.5. The van der Waals surface area contributed by atoms with Gasteiger partial charge in [0.2, 0.25) is 0 Å². The van der Waals surface area contributed by atoms with Crippen molar-refractivity contribution in [1.29, 1.82) is 0 Å². The van der Waals surface area contributed by atoms with Crippen LogP contribution in [0.3, 0.4) is 0 Å². The van der Waals surface area contributed by atoms with E-state index in [0.29, 0.717) is 0 Å². The number of hydrogen-bond donors (Lipinski definition) is 2. The summed E-state index contributed by atoms with van der Waals surface area (Å²) < 4.78 is 0. The second-order valence-electron chi connectivity index (χ2n) is 5.64. The van der Waals surface area contributed by atoms with Crippen molar-refractivity contribution in [2.45, 2.75) is 0 Å². The molecule has 0 aliphatic heterocycles. The van der Waals surface area contributed by atoms with Crippen molar-refractivity contribution in [2.75, 3.05) is 5.32 Å². The molecule has 0 unspecified atom stereocenters. The van der Waals surface area contributed by atoms with Crippen molar-refractivity contribution < 1.29 is 4.92 Å². The molecule has 6 nitrogen and oxygen atoms in total. The van der Waals surface area contributed by atoms with Gasteiger partial charge in [-0.05, 0) is 35.9 Å². The second-order valence-corrected chi connectivity index (χ2v) is 5.64.